The number of sulfonamides is 1. The van der Waals surface area contributed by atoms with Gasteiger partial charge < -0.3 is 9.47 Å². The Bertz CT molecular complexity index is 1210. The van der Waals surface area contributed by atoms with E-state index in [-0.39, 0.29) is 18.1 Å². The lowest BCUT2D eigenvalue weighted by molar-refractivity contribution is -0.158. The van der Waals surface area contributed by atoms with E-state index in [4.69, 9.17) is 9.47 Å². The number of carbonyl (C=O) groups is 1. The number of nitrogens with one attached hydrogen (secondary N) is 1. The number of benzene rings is 1. The molecule has 0 bridgehead atoms. The summed E-state index contributed by atoms with van der Waals surface area (Å²) in [6.07, 6.45) is 2.18. The van der Waals surface area contributed by atoms with Gasteiger partial charge in [-0.05, 0) is 88.8 Å². The zero-order valence-corrected chi connectivity index (χ0v) is 22.4. The molecule has 2 atom stereocenters. The summed E-state index contributed by atoms with van der Waals surface area (Å²) in [6, 6.07) is 2.21. The van der Waals surface area contributed by atoms with Crippen LogP contribution in [0.25, 0.3) is 5.57 Å². The number of allylic oxidation sites excluding steroid dienone is 3. The van der Waals surface area contributed by atoms with Crippen molar-refractivity contribution in [2.75, 3.05) is 6.61 Å². The van der Waals surface area contributed by atoms with E-state index in [2.05, 4.69) is 11.3 Å². The van der Waals surface area contributed by atoms with Crippen LogP contribution < -0.4 is 4.72 Å². The van der Waals surface area contributed by atoms with Crippen LogP contribution >= 0.6 is 0 Å². The number of rotatable bonds is 7. The van der Waals surface area contributed by atoms with Crippen LogP contribution in [0.5, 0.6) is 0 Å². The zero-order valence-electron chi connectivity index (χ0n) is 21.6. The number of halogens is 3. The molecule has 1 aromatic rings. The molecule has 1 N–H and O–H groups in total. The standard InChI is InChI=1S/C27H34F3NO5S/c1-17(2)18-13-19(27(28,29)30)15-20(14-18)37(33,34)31-23-11-7-6-9-22-21(23)10-8-12-24(22)35-16-25(32)36-26(3,4)5/h8,12-15,21,23,31H,1,6-7,9-11,16H2,2-5H3. The van der Waals surface area contributed by atoms with Crippen molar-refractivity contribution in [2.45, 2.75) is 82.5 Å². The molecule has 2 aliphatic carbocycles. The summed E-state index contributed by atoms with van der Waals surface area (Å²) in [5, 5.41) is 0. The summed E-state index contributed by atoms with van der Waals surface area (Å²) < 4.78 is 80.9. The van der Waals surface area contributed by atoms with Crippen LogP contribution in [0.4, 0.5) is 13.2 Å². The lowest BCUT2D eigenvalue weighted by atomic mass is 9.84. The highest BCUT2D eigenvalue weighted by molar-refractivity contribution is 7.89. The smallest absolute Gasteiger partial charge is 0.416 e. The molecule has 37 heavy (non-hydrogen) atoms. The fourth-order valence-corrected chi connectivity index (χ4v) is 5.95. The Morgan fingerprint density at radius 3 is 2.49 bits per heavy atom. The minimum absolute atomic E-state index is 0.107. The van der Waals surface area contributed by atoms with E-state index in [1.165, 1.54) is 13.0 Å². The van der Waals surface area contributed by atoms with Crippen LogP contribution in [0, 0.1) is 5.92 Å². The van der Waals surface area contributed by atoms with Gasteiger partial charge in [-0.3, -0.25) is 0 Å². The summed E-state index contributed by atoms with van der Waals surface area (Å²) in [5.41, 5.74) is -0.375. The van der Waals surface area contributed by atoms with Gasteiger partial charge in [-0.25, -0.2) is 17.9 Å². The van der Waals surface area contributed by atoms with Gasteiger partial charge in [0, 0.05) is 12.0 Å². The van der Waals surface area contributed by atoms with E-state index in [1.807, 2.05) is 6.08 Å². The number of ether oxygens (including phenoxy) is 2. The molecule has 1 saturated carbocycles. The van der Waals surface area contributed by atoms with Crippen LogP contribution in [0.1, 0.15) is 70.9 Å². The minimum atomic E-state index is -4.71. The Morgan fingerprint density at radius 2 is 1.86 bits per heavy atom. The predicted molar refractivity (Wildman–Crippen MR) is 135 cm³/mol. The number of hydrogen-bond donors (Lipinski definition) is 1. The third-order valence-corrected chi connectivity index (χ3v) is 7.70. The topological polar surface area (TPSA) is 81.7 Å². The van der Waals surface area contributed by atoms with Crippen molar-refractivity contribution in [1.29, 1.82) is 0 Å². The average molecular weight is 542 g/mol. The maximum absolute atomic E-state index is 13.5. The highest BCUT2D eigenvalue weighted by Crippen LogP contribution is 2.38. The van der Waals surface area contributed by atoms with E-state index in [0.29, 0.717) is 36.7 Å². The summed E-state index contributed by atoms with van der Waals surface area (Å²) in [5.74, 6) is -0.251. The van der Waals surface area contributed by atoms with Gasteiger partial charge in [-0.15, -0.1) is 0 Å². The lowest BCUT2D eigenvalue weighted by Crippen LogP contribution is -2.41. The van der Waals surface area contributed by atoms with Crippen molar-refractivity contribution in [1.82, 2.24) is 4.72 Å². The van der Waals surface area contributed by atoms with Crippen molar-refractivity contribution in [3.63, 3.8) is 0 Å². The molecule has 2 aliphatic rings. The second-order valence-corrected chi connectivity index (χ2v) is 12.2. The highest BCUT2D eigenvalue weighted by Gasteiger charge is 2.36. The Balaban J connectivity index is 1.87. The molecule has 0 aromatic heterocycles. The molecule has 0 amide bonds. The first-order valence-electron chi connectivity index (χ1n) is 12.2. The predicted octanol–water partition coefficient (Wildman–Crippen LogP) is 6.15. The fourth-order valence-electron chi connectivity index (χ4n) is 4.57. The third-order valence-electron chi connectivity index (χ3n) is 6.23. The van der Waals surface area contributed by atoms with Crippen molar-refractivity contribution >= 4 is 21.6 Å². The molecule has 1 aromatic carbocycles. The van der Waals surface area contributed by atoms with E-state index in [1.54, 1.807) is 26.8 Å². The molecule has 204 valence electrons. The van der Waals surface area contributed by atoms with E-state index >= 15 is 0 Å². The first kappa shape index (κ1) is 29.0. The van der Waals surface area contributed by atoms with Gasteiger partial charge in [-0.1, -0.05) is 24.6 Å². The van der Waals surface area contributed by atoms with Gasteiger partial charge in [-0.2, -0.15) is 13.2 Å². The van der Waals surface area contributed by atoms with Crippen molar-refractivity contribution in [2.24, 2.45) is 5.92 Å². The summed E-state index contributed by atoms with van der Waals surface area (Å²) >= 11 is 0. The molecule has 6 nitrogen and oxygen atoms in total. The van der Waals surface area contributed by atoms with Crippen LogP contribution in [0.3, 0.4) is 0 Å². The SMILES string of the molecule is C=C(C)c1cc(C(F)(F)F)cc(S(=O)(=O)NC2CCCCC3=C(OCC(=O)OC(C)(C)C)C=CCC32)c1. The van der Waals surface area contributed by atoms with Gasteiger partial charge >= 0.3 is 12.1 Å². The maximum atomic E-state index is 13.5. The van der Waals surface area contributed by atoms with Crippen LogP contribution in [-0.4, -0.2) is 32.6 Å². The molecule has 10 heteroatoms. The molecule has 1 fully saturated rings. The number of esters is 1. The summed E-state index contributed by atoms with van der Waals surface area (Å²) in [4.78, 5) is 11.7. The highest BCUT2D eigenvalue weighted by atomic mass is 32.2. The zero-order chi connectivity index (χ0) is 27.6. The third kappa shape index (κ3) is 7.70. The lowest BCUT2D eigenvalue weighted by Gasteiger charge is -2.30. The Morgan fingerprint density at radius 1 is 1.16 bits per heavy atom. The number of hydrogen-bond acceptors (Lipinski definition) is 5. The van der Waals surface area contributed by atoms with Gasteiger partial charge in [0.15, 0.2) is 6.61 Å². The van der Waals surface area contributed by atoms with Crippen LogP contribution in [-0.2, 0) is 30.5 Å². The van der Waals surface area contributed by atoms with Crippen molar-refractivity contribution < 1.29 is 35.9 Å². The fraction of sp³-hybridized carbons (Fsp3) is 0.519. The van der Waals surface area contributed by atoms with Crippen LogP contribution in [0.2, 0.25) is 0 Å². The molecule has 0 spiro atoms. The number of carbonyl (C=O) groups excluding carboxylic acids is 1. The normalized spacial score (nSPS) is 20.7. The quantitative estimate of drug-likeness (QED) is 0.419. The Kier molecular flexibility index (Phi) is 8.64. The summed E-state index contributed by atoms with van der Waals surface area (Å²) in [6.45, 7) is 10.2. The van der Waals surface area contributed by atoms with Gasteiger partial charge in [0.25, 0.3) is 0 Å². The molecular weight excluding hydrogens is 507 g/mol. The molecular formula is C27H34F3NO5S. The van der Waals surface area contributed by atoms with E-state index in [9.17, 15) is 26.4 Å². The monoisotopic (exact) mass is 541 g/mol. The second kappa shape index (κ2) is 11.0. The van der Waals surface area contributed by atoms with Gasteiger partial charge in [0.05, 0.1) is 10.5 Å². The second-order valence-electron chi connectivity index (χ2n) is 10.5. The molecule has 0 aliphatic heterocycles. The first-order valence-corrected chi connectivity index (χ1v) is 13.7. The molecule has 0 saturated heterocycles. The average Bonchev–Trinajstić information content (AvgIpc) is 2.98. The van der Waals surface area contributed by atoms with Crippen molar-refractivity contribution in [3.8, 4) is 0 Å². The Hall–Kier alpha value is -2.59. The van der Waals surface area contributed by atoms with Gasteiger partial charge in [0.2, 0.25) is 10.0 Å². The first-order chi connectivity index (χ1) is 17.1. The molecule has 2 unspecified atom stereocenters. The number of fused-ring (bicyclic) bond motifs is 1. The number of alkyl halides is 3. The Labute approximate surface area is 216 Å². The van der Waals surface area contributed by atoms with Gasteiger partial charge in [0.1, 0.15) is 11.4 Å². The maximum Gasteiger partial charge on any atom is 0.416 e. The minimum Gasteiger partial charge on any atom is -0.482 e. The van der Waals surface area contributed by atoms with E-state index in [0.717, 1.165) is 24.5 Å². The van der Waals surface area contributed by atoms with Crippen molar-refractivity contribution in [3.05, 3.63) is 59.4 Å². The molecule has 0 heterocycles. The molecule has 3 rings (SSSR count). The van der Waals surface area contributed by atoms with Crippen LogP contribution in [0.15, 0.2) is 53.2 Å². The van der Waals surface area contributed by atoms with E-state index < -0.39 is 44.3 Å². The molecule has 0 radical (unpaired) electrons. The summed E-state index contributed by atoms with van der Waals surface area (Å²) in [7, 11) is -4.28. The largest absolute Gasteiger partial charge is 0.482 e.